The number of aromatic nitrogens is 1. The number of aromatic amines is 1. The Labute approximate surface area is 118 Å². The van der Waals surface area contributed by atoms with Crippen molar-refractivity contribution in [3.63, 3.8) is 0 Å². The van der Waals surface area contributed by atoms with Gasteiger partial charge in [0.1, 0.15) is 0 Å². The minimum atomic E-state index is -0.0592. The van der Waals surface area contributed by atoms with Crippen LogP contribution < -0.4 is 28.8 Å². The maximum atomic E-state index is 3.51. The van der Waals surface area contributed by atoms with Crippen molar-refractivity contribution in [1.29, 1.82) is 0 Å². The van der Waals surface area contributed by atoms with Crippen molar-refractivity contribution < 1.29 is 44.0 Å². The van der Waals surface area contributed by atoms with Gasteiger partial charge in [-0.1, -0.05) is 0 Å². The van der Waals surface area contributed by atoms with Crippen molar-refractivity contribution in [2.45, 2.75) is 24.5 Å². The van der Waals surface area contributed by atoms with E-state index in [4.69, 9.17) is 0 Å². The number of H-pyrrole nitrogens is 1. The van der Waals surface area contributed by atoms with E-state index in [-0.39, 0.29) is 44.0 Å². The average molecular weight is 292 g/mol. The fourth-order valence-electron chi connectivity index (χ4n) is 1.54. The van der Waals surface area contributed by atoms with E-state index >= 15 is 0 Å². The Morgan fingerprint density at radius 2 is 1.69 bits per heavy atom. The van der Waals surface area contributed by atoms with Crippen LogP contribution in [0.1, 0.15) is 20.8 Å². The second kappa shape index (κ2) is 6.11. The molecule has 0 bridgehead atoms. The maximum Gasteiger partial charge on any atom is -1.00 e. The molecule has 0 aliphatic heterocycles. The maximum absolute atomic E-state index is 3.51. The van der Waals surface area contributed by atoms with E-state index < -0.39 is 0 Å². The summed E-state index contributed by atoms with van der Waals surface area (Å²) < 4.78 is 1.93. The number of hydrogen-bond donors (Lipinski definition) is 1. The third-order valence-corrected chi connectivity index (χ3v) is 4.05. The summed E-state index contributed by atoms with van der Waals surface area (Å²) in [5, 5.41) is 1.34. The minimum absolute atomic E-state index is 0. The molecular weight excluding hydrogens is 277 g/mol. The van der Waals surface area contributed by atoms with Crippen LogP contribution in [0.5, 0.6) is 0 Å². The second-order valence-electron chi connectivity index (χ2n) is 4.65. The number of halogens is 2. The van der Waals surface area contributed by atoms with Crippen LogP contribution >= 0.6 is 0 Å². The summed E-state index contributed by atoms with van der Waals surface area (Å²) in [4.78, 5) is 3.51. The van der Waals surface area contributed by atoms with Crippen molar-refractivity contribution >= 4 is 14.9 Å². The third-order valence-electron chi connectivity index (χ3n) is 2.04. The van der Waals surface area contributed by atoms with Gasteiger partial charge in [0.2, 0.25) is 0 Å². The molecule has 1 aromatic heterocycles. The predicted molar refractivity (Wildman–Crippen MR) is 57.6 cm³/mol. The summed E-state index contributed by atoms with van der Waals surface area (Å²) in [5.74, 6) is 0. The Morgan fingerprint density at radius 3 is 2.25 bits per heavy atom. The van der Waals surface area contributed by atoms with E-state index in [9.17, 15) is 0 Å². The largest absolute Gasteiger partial charge is 1.00 e. The van der Waals surface area contributed by atoms with E-state index in [2.05, 4.69) is 56.1 Å². The Hall–Kier alpha value is 0.0543. The smallest absolute Gasteiger partial charge is 1.00 e. The summed E-state index contributed by atoms with van der Waals surface area (Å²) in [6.07, 6.45) is 0. The Bertz CT molecular complexity index is 412. The van der Waals surface area contributed by atoms with E-state index in [1.54, 1.807) is 0 Å². The number of hydrogen-bond acceptors (Lipinski definition) is 0. The van der Waals surface area contributed by atoms with Gasteiger partial charge in [-0.3, -0.25) is 0 Å². The standard InChI is InChI=1S/C8H6N.C4H9.2ClH.Ti/c1-2-4-8-7(3-1)5-6-9-8;1-4(2)3;;;/h1-5,9H;1-3H3;2*1H;/q;;;;+2/p-2. The fraction of sp³-hybridized carbons (Fsp3) is 0.333. The average Bonchev–Trinajstić information content (AvgIpc) is 2.42. The molecule has 86 valence electrons. The van der Waals surface area contributed by atoms with Crippen molar-refractivity contribution in [2.75, 3.05) is 0 Å². The first kappa shape index (κ1) is 16.1. The van der Waals surface area contributed by atoms with Crippen molar-refractivity contribution in [3.8, 4) is 0 Å². The van der Waals surface area contributed by atoms with Crippen LogP contribution in [0.2, 0.25) is 3.72 Å². The van der Waals surface area contributed by atoms with Gasteiger partial charge in [0.05, 0.1) is 0 Å². The summed E-state index contributed by atoms with van der Waals surface area (Å²) >= 11 is -0.0592. The van der Waals surface area contributed by atoms with Gasteiger partial charge in [0, 0.05) is 0 Å². The molecule has 0 fully saturated rings. The molecule has 0 atom stereocenters. The van der Waals surface area contributed by atoms with Crippen molar-refractivity contribution in [3.05, 3.63) is 30.3 Å². The molecule has 0 aliphatic rings. The van der Waals surface area contributed by atoms with Gasteiger partial charge in [0.15, 0.2) is 0 Å². The molecule has 1 heterocycles. The number of benzene rings is 1. The zero-order valence-corrected chi connectivity index (χ0v) is 12.7. The Morgan fingerprint density at radius 1 is 1.06 bits per heavy atom. The fourth-order valence-corrected chi connectivity index (χ4v) is 3.47. The number of nitrogens with one attached hydrogen (secondary N) is 1. The van der Waals surface area contributed by atoms with Crippen LogP contribution in [-0.2, 0) is 19.2 Å². The van der Waals surface area contributed by atoms with Crippen LogP contribution in [0.3, 0.4) is 0 Å². The molecule has 1 N–H and O–H groups in total. The molecule has 0 amide bonds. The van der Waals surface area contributed by atoms with E-state index in [0.29, 0.717) is 3.72 Å². The first-order valence-electron chi connectivity index (χ1n) is 4.90. The molecule has 0 spiro atoms. The predicted octanol–water partition coefficient (Wildman–Crippen LogP) is -2.90. The van der Waals surface area contributed by atoms with Gasteiger partial charge in [-0.2, -0.15) is 0 Å². The van der Waals surface area contributed by atoms with E-state index in [1.807, 2.05) is 0 Å². The van der Waals surface area contributed by atoms with Gasteiger partial charge in [-0.05, 0) is 0 Å². The molecule has 0 saturated heterocycles. The molecule has 16 heavy (non-hydrogen) atoms. The normalized spacial score (nSPS) is 10.2. The monoisotopic (exact) mass is 291 g/mol. The van der Waals surface area contributed by atoms with Gasteiger partial charge in [-0.15, -0.1) is 0 Å². The summed E-state index contributed by atoms with van der Waals surface area (Å²) in [7, 11) is 0. The molecule has 1 aromatic carbocycles. The van der Waals surface area contributed by atoms with Crippen LogP contribution in [-0.4, -0.2) is 4.98 Å². The van der Waals surface area contributed by atoms with E-state index in [0.717, 1.165) is 0 Å². The first-order chi connectivity index (χ1) is 6.54. The molecule has 4 heteroatoms. The van der Waals surface area contributed by atoms with Gasteiger partial charge in [0.25, 0.3) is 0 Å². The number of rotatable bonds is 1. The van der Waals surface area contributed by atoms with Gasteiger partial charge < -0.3 is 24.8 Å². The summed E-state index contributed by atoms with van der Waals surface area (Å²) in [6.45, 7) is 6.95. The quantitative estimate of drug-likeness (QED) is 0.543. The molecular formula is C12H15Cl2NTi. The summed E-state index contributed by atoms with van der Waals surface area (Å²) in [5.41, 5.74) is 1.27. The van der Waals surface area contributed by atoms with Crippen molar-refractivity contribution in [2.24, 2.45) is 0 Å². The van der Waals surface area contributed by atoms with Crippen LogP contribution in [0, 0.1) is 0 Å². The van der Waals surface area contributed by atoms with Gasteiger partial charge >= 0.3 is 93.9 Å². The topological polar surface area (TPSA) is 15.8 Å². The zero-order chi connectivity index (χ0) is 10.2. The van der Waals surface area contributed by atoms with Crippen LogP contribution in [0.4, 0.5) is 0 Å². The molecule has 0 unspecified atom stereocenters. The zero-order valence-electron chi connectivity index (χ0n) is 9.64. The molecule has 0 saturated carbocycles. The van der Waals surface area contributed by atoms with Crippen LogP contribution in [0.25, 0.3) is 10.9 Å². The Kier molecular flexibility index (Phi) is 6.13. The van der Waals surface area contributed by atoms with E-state index in [1.165, 1.54) is 14.9 Å². The molecule has 0 aliphatic carbocycles. The van der Waals surface area contributed by atoms with Gasteiger partial charge in [-0.25, -0.2) is 0 Å². The minimum Gasteiger partial charge on any atom is -1.00 e. The molecule has 0 radical (unpaired) electrons. The molecule has 2 aromatic rings. The van der Waals surface area contributed by atoms with Crippen molar-refractivity contribution in [1.82, 2.24) is 4.98 Å². The summed E-state index contributed by atoms with van der Waals surface area (Å²) in [6, 6.07) is 10.8. The number of fused-ring (bicyclic) bond motifs is 1. The SMILES string of the molecule is C[C](C)(C)[Ti+2][c]1cc2ccccc2[nH]1.[Cl-].[Cl-]. The second-order valence-corrected chi connectivity index (χ2v) is 8.22. The molecule has 1 nitrogen and oxygen atoms in total. The molecule has 2 rings (SSSR count). The first-order valence-corrected chi connectivity index (χ1v) is 6.47. The van der Waals surface area contributed by atoms with Crippen LogP contribution in [0.15, 0.2) is 30.3 Å². The third kappa shape index (κ3) is 4.14. The number of para-hydroxylation sites is 1. The Balaban J connectivity index is 0.00000112.